The van der Waals surface area contributed by atoms with E-state index in [0.717, 1.165) is 0 Å². The highest BCUT2D eigenvalue weighted by Gasteiger charge is 2.31. The first-order chi connectivity index (χ1) is 12.2. The van der Waals surface area contributed by atoms with Crippen LogP contribution >= 0.6 is 15.9 Å². The summed E-state index contributed by atoms with van der Waals surface area (Å²) in [6.07, 6.45) is -0.973. The molecule has 0 bridgehead atoms. The minimum absolute atomic E-state index is 0.227. The first-order valence-electron chi connectivity index (χ1n) is 8.04. The second-order valence-corrected chi connectivity index (χ2v) is 6.47. The van der Waals surface area contributed by atoms with Gasteiger partial charge < -0.3 is 14.4 Å². The van der Waals surface area contributed by atoms with Crippen molar-refractivity contribution in [1.29, 1.82) is 0 Å². The predicted octanol–water partition coefficient (Wildman–Crippen LogP) is 3.21. The van der Waals surface area contributed by atoms with Gasteiger partial charge in [0.05, 0.1) is 18.8 Å². The molecular formula is C19H18BrNO4. The molecule has 0 radical (unpaired) electrons. The first-order valence-corrected chi connectivity index (χ1v) is 8.83. The Morgan fingerprint density at radius 3 is 2.32 bits per heavy atom. The van der Waals surface area contributed by atoms with E-state index < -0.39 is 12.1 Å². The molecule has 0 aromatic heterocycles. The molecule has 0 N–H and O–H groups in total. The summed E-state index contributed by atoms with van der Waals surface area (Å²) < 4.78 is 11.5. The molecule has 3 rings (SSSR count). The monoisotopic (exact) mass is 403 g/mol. The van der Waals surface area contributed by atoms with Gasteiger partial charge in [0.25, 0.3) is 5.91 Å². The first kappa shape index (κ1) is 17.6. The molecule has 1 aliphatic rings. The fourth-order valence-electron chi connectivity index (χ4n) is 2.64. The Morgan fingerprint density at radius 1 is 1.00 bits per heavy atom. The van der Waals surface area contributed by atoms with Crippen molar-refractivity contribution in [3.8, 4) is 0 Å². The maximum Gasteiger partial charge on any atom is 0.340 e. The third-order valence-electron chi connectivity index (χ3n) is 3.97. The highest BCUT2D eigenvalue weighted by Crippen LogP contribution is 2.25. The average molecular weight is 404 g/mol. The topological polar surface area (TPSA) is 55.8 Å². The van der Waals surface area contributed by atoms with E-state index in [4.69, 9.17) is 9.47 Å². The third kappa shape index (κ3) is 4.27. The van der Waals surface area contributed by atoms with E-state index in [2.05, 4.69) is 15.9 Å². The standard InChI is InChI=1S/C19H18BrNO4/c20-16-9-5-4-8-15(16)19(23)25-17(14-6-2-1-3-7-14)18(22)21-10-12-24-13-11-21/h1-9,17H,10-13H2/t17-/m0/s1. The number of carbonyl (C=O) groups excluding carboxylic acids is 2. The van der Waals surface area contributed by atoms with Crippen LogP contribution in [-0.4, -0.2) is 43.1 Å². The number of hydrogen-bond acceptors (Lipinski definition) is 4. The van der Waals surface area contributed by atoms with E-state index in [1.165, 1.54) is 0 Å². The fraction of sp³-hybridized carbons (Fsp3) is 0.263. The smallest absolute Gasteiger partial charge is 0.340 e. The predicted molar refractivity (Wildman–Crippen MR) is 96.1 cm³/mol. The molecule has 130 valence electrons. The van der Waals surface area contributed by atoms with Gasteiger partial charge in [-0.3, -0.25) is 4.79 Å². The number of carbonyl (C=O) groups is 2. The molecule has 0 unspecified atom stereocenters. The number of nitrogens with zero attached hydrogens (tertiary/aromatic N) is 1. The SMILES string of the molecule is O=C(O[C@H](C(=O)N1CCOCC1)c1ccccc1)c1ccccc1Br. The van der Waals surface area contributed by atoms with Crippen LogP contribution in [-0.2, 0) is 14.3 Å². The Labute approximate surface area is 154 Å². The Hall–Kier alpha value is -2.18. The van der Waals surface area contributed by atoms with Crippen LogP contribution in [0.1, 0.15) is 22.0 Å². The second kappa shape index (κ2) is 8.27. The molecule has 0 spiro atoms. The molecule has 25 heavy (non-hydrogen) atoms. The van der Waals surface area contributed by atoms with Crippen LogP contribution in [0.2, 0.25) is 0 Å². The summed E-state index contributed by atoms with van der Waals surface area (Å²) in [4.78, 5) is 27.2. The summed E-state index contributed by atoms with van der Waals surface area (Å²) in [5.74, 6) is -0.766. The van der Waals surface area contributed by atoms with Gasteiger partial charge in [-0.05, 0) is 28.1 Å². The lowest BCUT2D eigenvalue weighted by Gasteiger charge is -2.30. The largest absolute Gasteiger partial charge is 0.444 e. The zero-order chi connectivity index (χ0) is 17.6. The maximum atomic E-state index is 12.9. The van der Waals surface area contributed by atoms with Crippen molar-refractivity contribution in [1.82, 2.24) is 4.90 Å². The van der Waals surface area contributed by atoms with Gasteiger partial charge in [0, 0.05) is 23.1 Å². The maximum absolute atomic E-state index is 12.9. The van der Waals surface area contributed by atoms with Crippen LogP contribution in [0.15, 0.2) is 59.1 Å². The molecule has 2 aromatic carbocycles. The van der Waals surface area contributed by atoms with Crippen molar-refractivity contribution in [2.45, 2.75) is 6.10 Å². The van der Waals surface area contributed by atoms with Crippen LogP contribution in [0.4, 0.5) is 0 Å². The molecule has 2 aromatic rings. The van der Waals surface area contributed by atoms with Crippen LogP contribution in [0.25, 0.3) is 0 Å². The van der Waals surface area contributed by atoms with Gasteiger partial charge in [0.1, 0.15) is 0 Å². The Balaban J connectivity index is 1.85. The molecule has 1 saturated heterocycles. The second-order valence-electron chi connectivity index (χ2n) is 5.61. The highest BCUT2D eigenvalue weighted by molar-refractivity contribution is 9.10. The van der Waals surface area contributed by atoms with Crippen LogP contribution in [0, 0.1) is 0 Å². The number of hydrogen-bond donors (Lipinski definition) is 0. The molecule has 5 nitrogen and oxygen atoms in total. The van der Waals surface area contributed by atoms with E-state index >= 15 is 0 Å². The summed E-state index contributed by atoms with van der Waals surface area (Å²) in [6.45, 7) is 1.97. The quantitative estimate of drug-likeness (QED) is 0.735. The molecule has 6 heteroatoms. The molecule has 1 atom stereocenters. The van der Waals surface area contributed by atoms with Gasteiger partial charge in [-0.15, -0.1) is 0 Å². The zero-order valence-corrected chi connectivity index (χ0v) is 15.1. The fourth-order valence-corrected chi connectivity index (χ4v) is 3.08. The Kier molecular flexibility index (Phi) is 5.83. The van der Waals surface area contributed by atoms with E-state index in [-0.39, 0.29) is 5.91 Å². The van der Waals surface area contributed by atoms with Gasteiger partial charge in [-0.2, -0.15) is 0 Å². The highest BCUT2D eigenvalue weighted by atomic mass is 79.9. The van der Waals surface area contributed by atoms with Crippen molar-refractivity contribution in [2.24, 2.45) is 0 Å². The summed E-state index contributed by atoms with van der Waals surface area (Å²) in [5, 5.41) is 0. The van der Waals surface area contributed by atoms with Crippen LogP contribution in [0.5, 0.6) is 0 Å². The summed E-state index contributed by atoms with van der Waals surface area (Å²) in [6, 6.07) is 16.1. The molecule has 0 aliphatic carbocycles. The lowest BCUT2D eigenvalue weighted by atomic mass is 10.1. The van der Waals surface area contributed by atoms with Gasteiger partial charge in [-0.25, -0.2) is 4.79 Å². The minimum Gasteiger partial charge on any atom is -0.444 e. The van der Waals surface area contributed by atoms with E-state index in [9.17, 15) is 9.59 Å². The van der Waals surface area contributed by atoms with Gasteiger partial charge in [-0.1, -0.05) is 42.5 Å². The molecule has 0 saturated carbocycles. The lowest BCUT2D eigenvalue weighted by molar-refractivity contribution is -0.145. The van der Waals surface area contributed by atoms with Crippen molar-refractivity contribution < 1.29 is 19.1 Å². The Bertz CT molecular complexity index is 744. The zero-order valence-electron chi connectivity index (χ0n) is 13.6. The molecule has 1 fully saturated rings. The van der Waals surface area contributed by atoms with Gasteiger partial charge in [0.15, 0.2) is 0 Å². The number of halogens is 1. The molecular weight excluding hydrogens is 386 g/mol. The average Bonchev–Trinajstić information content (AvgIpc) is 2.67. The van der Waals surface area contributed by atoms with Crippen LogP contribution in [0.3, 0.4) is 0 Å². The van der Waals surface area contributed by atoms with Gasteiger partial charge in [0.2, 0.25) is 6.10 Å². The van der Waals surface area contributed by atoms with E-state index in [1.54, 1.807) is 35.2 Å². The van der Waals surface area contributed by atoms with Crippen LogP contribution < -0.4 is 0 Å². The summed E-state index contributed by atoms with van der Waals surface area (Å²) in [7, 11) is 0. The third-order valence-corrected chi connectivity index (χ3v) is 4.66. The van der Waals surface area contributed by atoms with E-state index in [0.29, 0.717) is 41.9 Å². The van der Waals surface area contributed by atoms with Crippen molar-refractivity contribution in [3.05, 3.63) is 70.2 Å². The summed E-state index contributed by atoms with van der Waals surface area (Å²) in [5.41, 5.74) is 1.04. The Morgan fingerprint density at radius 2 is 1.64 bits per heavy atom. The number of benzene rings is 2. The number of esters is 1. The van der Waals surface area contributed by atoms with Crippen molar-refractivity contribution >= 4 is 27.8 Å². The van der Waals surface area contributed by atoms with Crippen molar-refractivity contribution in [3.63, 3.8) is 0 Å². The number of morpholine rings is 1. The molecule has 1 amide bonds. The number of amides is 1. The van der Waals surface area contributed by atoms with E-state index in [1.807, 2.05) is 24.3 Å². The molecule has 1 aliphatic heterocycles. The lowest BCUT2D eigenvalue weighted by Crippen LogP contribution is -2.44. The normalized spacial score (nSPS) is 15.5. The number of rotatable bonds is 4. The number of ether oxygens (including phenoxy) is 2. The summed E-state index contributed by atoms with van der Waals surface area (Å²) >= 11 is 3.34. The van der Waals surface area contributed by atoms with Gasteiger partial charge >= 0.3 is 5.97 Å². The van der Waals surface area contributed by atoms with Crippen molar-refractivity contribution in [2.75, 3.05) is 26.3 Å². The minimum atomic E-state index is -0.973. The molecule has 1 heterocycles.